The van der Waals surface area contributed by atoms with Gasteiger partial charge in [0.2, 0.25) is 0 Å². The van der Waals surface area contributed by atoms with Crippen LogP contribution in [0.4, 0.5) is 0 Å². The molecule has 1 aliphatic carbocycles. The molecule has 2 N–H and O–H groups in total. The van der Waals surface area contributed by atoms with E-state index in [0.29, 0.717) is 6.04 Å². The summed E-state index contributed by atoms with van der Waals surface area (Å²) in [6.07, 6.45) is 4.48. The Bertz CT molecular complexity index is 112. The Morgan fingerprint density at radius 1 is 1.50 bits per heavy atom. The van der Waals surface area contributed by atoms with Crippen molar-refractivity contribution in [2.75, 3.05) is 7.05 Å². The van der Waals surface area contributed by atoms with Crippen LogP contribution in [0.3, 0.4) is 0 Å². The van der Waals surface area contributed by atoms with Crippen molar-refractivity contribution in [3.8, 4) is 0 Å². The molecule has 0 aromatic rings. The van der Waals surface area contributed by atoms with Crippen LogP contribution in [-0.2, 0) is 0 Å². The van der Waals surface area contributed by atoms with Gasteiger partial charge < -0.3 is 10.4 Å². The standard InChI is InChI=1S/C8H17NO/c1-8(10)6-4-3-5-7(8)9-2/h7,9-10H,3-6H2,1-2H3/t7?,8-/m0/s1. The van der Waals surface area contributed by atoms with Gasteiger partial charge in [-0.05, 0) is 26.8 Å². The molecule has 1 unspecified atom stereocenters. The molecule has 60 valence electrons. The summed E-state index contributed by atoms with van der Waals surface area (Å²) in [6, 6.07) is 0.307. The van der Waals surface area contributed by atoms with E-state index in [-0.39, 0.29) is 0 Å². The van der Waals surface area contributed by atoms with Crippen molar-refractivity contribution in [2.45, 2.75) is 44.2 Å². The van der Waals surface area contributed by atoms with Crippen LogP contribution in [0.5, 0.6) is 0 Å². The molecule has 0 radical (unpaired) electrons. The highest BCUT2D eigenvalue weighted by molar-refractivity contribution is 4.90. The molecule has 1 rings (SSSR count). The van der Waals surface area contributed by atoms with Crippen LogP contribution >= 0.6 is 0 Å². The molecule has 0 spiro atoms. The Balaban J connectivity index is 2.51. The summed E-state index contributed by atoms with van der Waals surface area (Å²) in [4.78, 5) is 0. The van der Waals surface area contributed by atoms with E-state index in [2.05, 4.69) is 5.32 Å². The minimum atomic E-state index is -0.465. The monoisotopic (exact) mass is 143 g/mol. The summed E-state index contributed by atoms with van der Waals surface area (Å²) in [5, 5.41) is 12.9. The van der Waals surface area contributed by atoms with Gasteiger partial charge in [-0.3, -0.25) is 0 Å². The first kappa shape index (κ1) is 8.02. The van der Waals surface area contributed by atoms with Crippen LogP contribution in [0.2, 0.25) is 0 Å². The first-order valence-electron chi connectivity index (χ1n) is 4.06. The first-order valence-corrected chi connectivity index (χ1v) is 4.06. The van der Waals surface area contributed by atoms with E-state index in [1.807, 2.05) is 14.0 Å². The SMILES string of the molecule is CNC1CCCC[C@]1(C)O. The second-order valence-electron chi connectivity index (χ2n) is 3.44. The van der Waals surface area contributed by atoms with Crippen LogP contribution in [0.1, 0.15) is 32.6 Å². The van der Waals surface area contributed by atoms with Gasteiger partial charge in [-0.25, -0.2) is 0 Å². The molecule has 0 saturated heterocycles. The van der Waals surface area contributed by atoms with Gasteiger partial charge in [-0.2, -0.15) is 0 Å². The van der Waals surface area contributed by atoms with Crippen LogP contribution in [0.15, 0.2) is 0 Å². The number of hydrogen-bond acceptors (Lipinski definition) is 2. The van der Waals surface area contributed by atoms with Crippen molar-refractivity contribution in [1.29, 1.82) is 0 Å². The minimum absolute atomic E-state index is 0.307. The molecule has 0 aromatic heterocycles. The Morgan fingerprint density at radius 2 is 2.20 bits per heavy atom. The number of aliphatic hydroxyl groups is 1. The summed E-state index contributed by atoms with van der Waals surface area (Å²) in [5.41, 5.74) is -0.465. The fourth-order valence-corrected chi connectivity index (χ4v) is 1.77. The molecule has 1 aliphatic rings. The fraction of sp³-hybridized carbons (Fsp3) is 1.00. The predicted octanol–water partition coefficient (Wildman–Crippen LogP) is 0.899. The lowest BCUT2D eigenvalue weighted by Crippen LogP contribution is -2.49. The summed E-state index contributed by atoms with van der Waals surface area (Å²) in [7, 11) is 1.92. The molecule has 0 aliphatic heterocycles. The number of likely N-dealkylation sites (N-methyl/N-ethyl adjacent to an activating group) is 1. The maximum absolute atomic E-state index is 9.77. The zero-order valence-corrected chi connectivity index (χ0v) is 6.85. The molecule has 1 fully saturated rings. The summed E-state index contributed by atoms with van der Waals surface area (Å²) in [6.45, 7) is 1.92. The summed E-state index contributed by atoms with van der Waals surface area (Å²) in [5.74, 6) is 0. The van der Waals surface area contributed by atoms with Crippen molar-refractivity contribution in [3.05, 3.63) is 0 Å². The van der Waals surface area contributed by atoms with Gasteiger partial charge in [0.05, 0.1) is 5.60 Å². The maximum Gasteiger partial charge on any atom is 0.0771 e. The lowest BCUT2D eigenvalue weighted by atomic mass is 9.82. The quantitative estimate of drug-likeness (QED) is 0.571. The average Bonchev–Trinajstić information content (AvgIpc) is 1.87. The van der Waals surface area contributed by atoms with E-state index >= 15 is 0 Å². The third-order valence-corrected chi connectivity index (χ3v) is 2.52. The number of nitrogens with one attached hydrogen (secondary N) is 1. The molecule has 2 heteroatoms. The molecule has 2 atom stereocenters. The van der Waals surface area contributed by atoms with E-state index in [4.69, 9.17) is 0 Å². The average molecular weight is 143 g/mol. The lowest BCUT2D eigenvalue weighted by Gasteiger charge is -2.36. The van der Waals surface area contributed by atoms with E-state index in [9.17, 15) is 5.11 Å². The van der Waals surface area contributed by atoms with Gasteiger partial charge in [0, 0.05) is 6.04 Å². The van der Waals surface area contributed by atoms with Crippen molar-refractivity contribution in [3.63, 3.8) is 0 Å². The molecule has 0 bridgehead atoms. The zero-order valence-electron chi connectivity index (χ0n) is 6.85. The molecule has 0 heterocycles. The fourth-order valence-electron chi connectivity index (χ4n) is 1.77. The molecule has 10 heavy (non-hydrogen) atoms. The third-order valence-electron chi connectivity index (χ3n) is 2.52. The zero-order chi connectivity index (χ0) is 7.61. The van der Waals surface area contributed by atoms with Crippen LogP contribution in [0, 0.1) is 0 Å². The first-order chi connectivity index (χ1) is 4.67. The largest absolute Gasteiger partial charge is 0.389 e. The molecule has 1 saturated carbocycles. The van der Waals surface area contributed by atoms with Gasteiger partial charge in [0.1, 0.15) is 0 Å². The molecule has 2 nitrogen and oxygen atoms in total. The Labute approximate surface area is 62.6 Å². The van der Waals surface area contributed by atoms with Gasteiger partial charge in [-0.15, -0.1) is 0 Å². The second-order valence-corrected chi connectivity index (χ2v) is 3.44. The smallest absolute Gasteiger partial charge is 0.0771 e. The van der Waals surface area contributed by atoms with Gasteiger partial charge in [0.25, 0.3) is 0 Å². The van der Waals surface area contributed by atoms with Crippen LogP contribution in [0.25, 0.3) is 0 Å². The highest BCUT2D eigenvalue weighted by atomic mass is 16.3. The number of hydrogen-bond donors (Lipinski definition) is 2. The minimum Gasteiger partial charge on any atom is -0.389 e. The van der Waals surface area contributed by atoms with E-state index in [1.54, 1.807) is 0 Å². The highest BCUT2D eigenvalue weighted by Gasteiger charge is 2.32. The van der Waals surface area contributed by atoms with Crippen molar-refractivity contribution >= 4 is 0 Å². The Morgan fingerprint density at radius 3 is 2.60 bits per heavy atom. The van der Waals surface area contributed by atoms with Crippen molar-refractivity contribution in [1.82, 2.24) is 5.32 Å². The third kappa shape index (κ3) is 1.50. The van der Waals surface area contributed by atoms with Crippen molar-refractivity contribution < 1.29 is 5.11 Å². The summed E-state index contributed by atoms with van der Waals surface area (Å²) >= 11 is 0. The highest BCUT2D eigenvalue weighted by Crippen LogP contribution is 2.27. The van der Waals surface area contributed by atoms with E-state index in [1.165, 1.54) is 12.8 Å². The number of rotatable bonds is 1. The predicted molar refractivity (Wildman–Crippen MR) is 41.9 cm³/mol. The molecular formula is C8H17NO. The van der Waals surface area contributed by atoms with Crippen molar-refractivity contribution in [2.24, 2.45) is 0 Å². The van der Waals surface area contributed by atoms with Gasteiger partial charge >= 0.3 is 0 Å². The van der Waals surface area contributed by atoms with E-state index < -0.39 is 5.60 Å². The van der Waals surface area contributed by atoms with Gasteiger partial charge in [0.15, 0.2) is 0 Å². The van der Waals surface area contributed by atoms with E-state index in [0.717, 1.165) is 12.8 Å². The Kier molecular flexibility index (Phi) is 2.32. The molecule has 0 aromatic carbocycles. The maximum atomic E-state index is 9.77. The normalized spacial score (nSPS) is 41.7. The van der Waals surface area contributed by atoms with Crippen LogP contribution in [-0.4, -0.2) is 23.8 Å². The molecular weight excluding hydrogens is 126 g/mol. The second kappa shape index (κ2) is 2.89. The Hall–Kier alpha value is -0.0800. The lowest BCUT2D eigenvalue weighted by molar-refractivity contribution is -0.00727. The summed E-state index contributed by atoms with van der Waals surface area (Å²) < 4.78 is 0. The van der Waals surface area contributed by atoms with Gasteiger partial charge in [-0.1, -0.05) is 12.8 Å². The van der Waals surface area contributed by atoms with Crippen LogP contribution < -0.4 is 5.32 Å². The topological polar surface area (TPSA) is 32.3 Å². The molecule has 0 amide bonds.